The molecule has 0 fully saturated rings. The van der Waals surface area contributed by atoms with E-state index in [1.807, 2.05) is 0 Å². The Bertz CT molecular complexity index is 205. The van der Waals surface area contributed by atoms with Crippen molar-refractivity contribution < 1.29 is 34.8 Å². The van der Waals surface area contributed by atoms with Gasteiger partial charge in [-0.15, -0.1) is 0 Å². The van der Waals surface area contributed by atoms with Gasteiger partial charge in [-0.1, -0.05) is 0 Å². The molecule has 0 aliphatic heterocycles. The maximum absolute atomic E-state index is 9.77. The standard InChI is InChI=1S/C4H6O6.C3H6O.Na.H/c5-1(3(7)8)2(6)4(9)10;1-3(2)4;;/h1-2,5-6H,(H,7,8)(H,9,10);1-2H3;;. The Morgan fingerprint density at radius 3 is 1.07 bits per heavy atom. The van der Waals surface area contributed by atoms with Gasteiger partial charge < -0.3 is 25.2 Å². The van der Waals surface area contributed by atoms with E-state index in [0.29, 0.717) is 0 Å². The van der Waals surface area contributed by atoms with Crippen LogP contribution in [0.5, 0.6) is 0 Å². The van der Waals surface area contributed by atoms with Gasteiger partial charge in [0.05, 0.1) is 0 Å². The van der Waals surface area contributed by atoms with E-state index >= 15 is 0 Å². The Morgan fingerprint density at radius 2 is 1.00 bits per heavy atom. The first-order valence-electron chi connectivity index (χ1n) is 3.49. The number of ketones is 1. The second kappa shape index (κ2) is 10.1. The summed E-state index contributed by atoms with van der Waals surface area (Å²) in [6, 6.07) is 0. The van der Waals surface area contributed by atoms with Crippen LogP contribution in [0.3, 0.4) is 0 Å². The fourth-order valence-electron chi connectivity index (χ4n) is 0.270. The van der Waals surface area contributed by atoms with Crippen molar-refractivity contribution in [2.24, 2.45) is 0 Å². The van der Waals surface area contributed by atoms with Gasteiger partial charge >= 0.3 is 41.5 Å². The number of aliphatic hydroxyl groups excluding tert-OH is 2. The van der Waals surface area contributed by atoms with Gasteiger partial charge in [-0.05, 0) is 13.8 Å². The van der Waals surface area contributed by atoms with Crippen LogP contribution in [0.4, 0.5) is 0 Å². The number of rotatable bonds is 3. The van der Waals surface area contributed by atoms with Gasteiger partial charge in [-0.2, -0.15) is 0 Å². The SMILES string of the molecule is CC(C)=O.O=C(O)C(O)C(O)C(=O)O.[NaH]. The summed E-state index contributed by atoms with van der Waals surface area (Å²) in [7, 11) is 0. The first kappa shape index (κ1) is 20.0. The number of carboxylic acid groups (broad SMARTS) is 2. The van der Waals surface area contributed by atoms with Crippen LogP contribution >= 0.6 is 0 Å². The molecule has 2 atom stereocenters. The van der Waals surface area contributed by atoms with Crippen molar-refractivity contribution in [2.45, 2.75) is 26.1 Å². The number of aliphatic hydroxyl groups is 2. The minimum atomic E-state index is -2.27. The van der Waals surface area contributed by atoms with Crippen molar-refractivity contribution in [3.05, 3.63) is 0 Å². The van der Waals surface area contributed by atoms with E-state index in [0.717, 1.165) is 0 Å². The average molecular weight is 232 g/mol. The second-order valence-corrected chi connectivity index (χ2v) is 2.47. The summed E-state index contributed by atoms with van der Waals surface area (Å²) in [5.41, 5.74) is 0. The third-order valence-corrected chi connectivity index (χ3v) is 0.805. The second-order valence-electron chi connectivity index (χ2n) is 2.47. The van der Waals surface area contributed by atoms with Gasteiger partial charge in [0.15, 0.2) is 12.2 Å². The minimum absolute atomic E-state index is 0. The molecular formula is C7H13NaO7. The predicted octanol–water partition coefficient (Wildman–Crippen LogP) is -2.18. The Morgan fingerprint density at radius 1 is 0.867 bits per heavy atom. The summed E-state index contributed by atoms with van der Waals surface area (Å²) < 4.78 is 0. The number of carboxylic acids is 2. The van der Waals surface area contributed by atoms with Crippen molar-refractivity contribution in [3.8, 4) is 0 Å². The Hall–Kier alpha value is -0.470. The third kappa shape index (κ3) is 13.5. The Kier molecular flexibility index (Phi) is 13.4. The number of carbonyl (C=O) groups excluding carboxylic acids is 1. The molecule has 0 saturated carbocycles. The summed E-state index contributed by atoms with van der Waals surface area (Å²) >= 11 is 0. The van der Waals surface area contributed by atoms with Crippen molar-refractivity contribution in [2.75, 3.05) is 0 Å². The van der Waals surface area contributed by atoms with Crippen LogP contribution in [0.1, 0.15) is 13.8 Å². The van der Waals surface area contributed by atoms with Gasteiger partial charge in [-0.3, -0.25) is 0 Å². The quantitative estimate of drug-likeness (QED) is 0.407. The molecule has 0 aromatic rings. The molecular weight excluding hydrogens is 219 g/mol. The fraction of sp³-hybridized carbons (Fsp3) is 0.571. The molecule has 2 unspecified atom stereocenters. The van der Waals surface area contributed by atoms with Crippen LogP contribution in [0, 0.1) is 0 Å². The normalized spacial score (nSPS) is 12.3. The van der Waals surface area contributed by atoms with Crippen LogP contribution in [-0.4, -0.2) is 79.9 Å². The molecule has 0 saturated heterocycles. The first-order valence-corrected chi connectivity index (χ1v) is 3.49. The molecule has 0 aromatic heterocycles. The molecule has 0 bridgehead atoms. The van der Waals surface area contributed by atoms with E-state index in [1.165, 1.54) is 13.8 Å². The zero-order chi connectivity index (χ0) is 11.9. The molecule has 8 heteroatoms. The van der Waals surface area contributed by atoms with E-state index < -0.39 is 24.1 Å². The Balaban J connectivity index is -0.000000249. The molecule has 0 aliphatic carbocycles. The maximum atomic E-state index is 9.77. The number of hydrogen-bond acceptors (Lipinski definition) is 5. The number of carbonyl (C=O) groups is 3. The van der Waals surface area contributed by atoms with Crippen LogP contribution < -0.4 is 0 Å². The van der Waals surface area contributed by atoms with Crippen molar-refractivity contribution in [1.29, 1.82) is 0 Å². The molecule has 0 aromatic carbocycles. The summed E-state index contributed by atoms with van der Waals surface area (Å²) in [5, 5.41) is 32.5. The van der Waals surface area contributed by atoms with E-state index in [4.69, 9.17) is 20.4 Å². The predicted molar refractivity (Wildman–Crippen MR) is 50.8 cm³/mol. The number of aliphatic carboxylic acids is 2. The van der Waals surface area contributed by atoms with Gasteiger partial charge in [0.25, 0.3) is 0 Å². The number of hydrogen-bond donors (Lipinski definition) is 4. The summed E-state index contributed by atoms with van der Waals surface area (Å²) in [4.78, 5) is 29.0. The molecule has 0 heterocycles. The summed E-state index contributed by atoms with van der Waals surface area (Å²) in [5.74, 6) is -3.37. The molecule has 0 rings (SSSR count). The van der Waals surface area contributed by atoms with Gasteiger partial charge in [0, 0.05) is 0 Å². The van der Waals surface area contributed by atoms with Crippen LogP contribution in [-0.2, 0) is 14.4 Å². The number of Topliss-reactive ketones (excluding diaryl/α,β-unsaturated/α-hetero) is 1. The van der Waals surface area contributed by atoms with Crippen LogP contribution in [0.15, 0.2) is 0 Å². The van der Waals surface area contributed by atoms with E-state index in [2.05, 4.69) is 0 Å². The summed E-state index contributed by atoms with van der Waals surface area (Å²) in [6.45, 7) is 3.06. The van der Waals surface area contributed by atoms with Crippen molar-refractivity contribution >= 4 is 47.3 Å². The van der Waals surface area contributed by atoms with E-state index in [1.54, 1.807) is 0 Å². The topological polar surface area (TPSA) is 132 Å². The van der Waals surface area contributed by atoms with E-state index in [9.17, 15) is 14.4 Å². The molecule has 4 N–H and O–H groups in total. The monoisotopic (exact) mass is 232 g/mol. The third-order valence-electron chi connectivity index (χ3n) is 0.805. The Labute approximate surface area is 108 Å². The molecule has 15 heavy (non-hydrogen) atoms. The average Bonchev–Trinajstić information content (AvgIpc) is 2.00. The van der Waals surface area contributed by atoms with Crippen LogP contribution in [0.2, 0.25) is 0 Å². The molecule has 0 aliphatic rings. The van der Waals surface area contributed by atoms with Crippen molar-refractivity contribution in [3.63, 3.8) is 0 Å². The summed E-state index contributed by atoms with van der Waals surface area (Å²) in [6.07, 6.45) is -4.53. The molecule has 84 valence electrons. The molecule has 7 nitrogen and oxygen atoms in total. The molecule has 0 spiro atoms. The van der Waals surface area contributed by atoms with Gasteiger partial charge in [0.2, 0.25) is 0 Å². The zero-order valence-corrected chi connectivity index (χ0v) is 7.67. The van der Waals surface area contributed by atoms with Gasteiger partial charge in [0.1, 0.15) is 5.78 Å². The first-order chi connectivity index (χ1) is 6.20. The molecule has 0 radical (unpaired) electrons. The van der Waals surface area contributed by atoms with Gasteiger partial charge in [-0.25, -0.2) is 9.59 Å². The zero-order valence-electron chi connectivity index (χ0n) is 7.67. The fourth-order valence-corrected chi connectivity index (χ4v) is 0.270. The van der Waals surface area contributed by atoms with Crippen molar-refractivity contribution in [1.82, 2.24) is 0 Å². The van der Waals surface area contributed by atoms with Crippen LogP contribution in [0.25, 0.3) is 0 Å². The molecule has 0 amide bonds. The van der Waals surface area contributed by atoms with E-state index in [-0.39, 0.29) is 35.3 Å².